The van der Waals surface area contributed by atoms with Crippen LogP contribution in [0.3, 0.4) is 0 Å². The van der Waals surface area contributed by atoms with E-state index in [2.05, 4.69) is 5.32 Å². The van der Waals surface area contributed by atoms with E-state index in [1.807, 2.05) is 49.4 Å². The molecular weight excluding hydrogens is 400 g/mol. The summed E-state index contributed by atoms with van der Waals surface area (Å²) in [6.45, 7) is 1.96. The second-order valence-corrected chi connectivity index (χ2v) is 8.15. The van der Waals surface area contributed by atoms with Crippen molar-refractivity contribution in [1.29, 1.82) is 0 Å². The number of carbonyl (C=O) groups excluding carboxylic acids is 1. The fourth-order valence-corrected chi connectivity index (χ4v) is 4.97. The van der Waals surface area contributed by atoms with Crippen LogP contribution in [0, 0.1) is 6.92 Å². The Bertz CT molecular complexity index is 1280. The number of ether oxygens (including phenoxy) is 2. The summed E-state index contributed by atoms with van der Waals surface area (Å²) in [5.74, 6) is 2.03. The molecule has 1 amide bonds. The number of rotatable bonds is 4. The summed E-state index contributed by atoms with van der Waals surface area (Å²) < 4.78 is 13.6. The molecule has 1 aliphatic heterocycles. The van der Waals surface area contributed by atoms with Crippen molar-refractivity contribution in [3.05, 3.63) is 59.3 Å². The summed E-state index contributed by atoms with van der Waals surface area (Å²) >= 11 is 1.51. The zero-order chi connectivity index (χ0) is 20.8. The normalized spacial score (nSPS) is 15.7. The Balaban J connectivity index is 1.66. The molecular formula is C22H20N4O3S. The molecule has 152 valence electrons. The molecule has 7 nitrogen and oxygen atoms in total. The zero-order valence-corrected chi connectivity index (χ0v) is 17.6. The molecule has 0 fully saturated rings. The third-order valence-electron chi connectivity index (χ3n) is 5.38. The van der Waals surface area contributed by atoms with Crippen LogP contribution in [0.25, 0.3) is 15.3 Å². The number of para-hydroxylation sites is 1. The number of methoxy groups -OCH3 is 2. The standard InChI is InChI=1S/C22H20N4O3S/c1-12-20-15(14-6-4-5-7-17(14)29-3)11-19(27)24-21(20)26(25-12)22-23-16-9-8-13(28-2)10-18(16)30-22/h4-10,15H,11H2,1-3H3,(H,24,27). The SMILES string of the molecule is COc1ccc2nc(-n3nc(C)c4c3NC(=O)CC4c3ccccc3OC)sc2c1. The summed E-state index contributed by atoms with van der Waals surface area (Å²) in [6, 6.07) is 13.6. The van der Waals surface area contributed by atoms with Crippen LogP contribution in [-0.4, -0.2) is 34.9 Å². The third-order valence-corrected chi connectivity index (χ3v) is 6.38. The number of aryl methyl sites for hydroxylation is 1. The number of nitrogens with zero attached hydrogens (tertiary/aromatic N) is 3. The molecule has 4 aromatic rings. The maximum Gasteiger partial charge on any atom is 0.226 e. The number of thiazole rings is 1. The maximum atomic E-state index is 12.6. The van der Waals surface area contributed by atoms with Gasteiger partial charge in [-0.25, -0.2) is 4.98 Å². The highest BCUT2D eigenvalue weighted by atomic mass is 32.1. The van der Waals surface area contributed by atoms with Crippen molar-refractivity contribution in [2.24, 2.45) is 0 Å². The topological polar surface area (TPSA) is 78.3 Å². The predicted molar refractivity (Wildman–Crippen MR) is 116 cm³/mol. The average molecular weight is 420 g/mol. The van der Waals surface area contributed by atoms with Gasteiger partial charge in [0.2, 0.25) is 11.0 Å². The van der Waals surface area contributed by atoms with Gasteiger partial charge in [0.1, 0.15) is 17.3 Å². The highest BCUT2D eigenvalue weighted by Gasteiger charge is 2.34. The van der Waals surface area contributed by atoms with E-state index >= 15 is 0 Å². The quantitative estimate of drug-likeness (QED) is 0.533. The molecule has 30 heavy (non-hydrogen) atoms. The van der Waals surface area contributed by atoms with E-state index < -0.39 is 0 Å². The number of carbonyl (C=O) groups is 1. The second kappa shape index (κ2) is 7.14. The molecule has 0 bridgehead atoms. The Labute approximate surface area is 177 Å². The number of hydrogen-bond acceptors (Lipinski definition) is 6. The number of fused-ring (bicyclic) bond motifs is 2. The molecule has 0 spiro atoms. The van der Waals surface area contributed by atoms with Crippen LogP contribution in [0.5, 0.6) is 11.5 Å². The van der Waals surface area contributed by atoms with E-state index in [1.165, 1.54) is 11.3 Å². The fourth-order valence-electron chi connectivity index (χ4n) is 4.02. The van der Waals surface area contributed by atoms with Gasteiger partial charge in [-0.3, -0.25) is 4.79 Å². The van der Waals surface area contributed by atoms with E-state index in [9.17, 15) is 4.79 Å². The van der Waals surface area contributed by atoms with Crippen LogP contribution in [0.1, 0.15) is 29.2 Å². The van der Waals surface area contributed by atoms with E-state index in [-0.39, 0.29) is 11.8 Å². The predicted octanol–water partition coefficient (Wildman–Crippen LogP) is 4.28. The van der Waals surface area contributed by atoms with Gasteiger partial charge in [-0.15, -0.1) is 0 Å². The van der Waals surface area contributed by atoms with Gasteiger partial charge >= 0.3 is 0 Å². The minimum absolute atomic E-state index is 0.0534. The lowest BCUT2D eigenvalue weighted by molar-refractivity contribution is -0.116. The van der Waals surface area contributed by atoms with Crippen molar-refractivity contribution >= 4 is 33.3 Å². The second-order valence-electron chi connectivity index (χ2n) is 7.14. The Morgan fingerprint density at radius 3 is 2.80 bits per heavy atom. The molecule has 3 heterocycles. The summed E-state index contributed by atoms with van der Waals surface area (Å²) in [5, 5.41) is 8.46. The molecule has 2 aromatic carbocycles. The zero-order valence-electron chi connectivity index (χ0n) is 16.8. The number of amides is 1. The number of aromatic nitrogens is 3. The lowest BCUT2D eigenvalue weighted by atomic mass is 9.85. The molecule has 0 saturated heterocycles. The van der Waals surface area contributed by atoms with Crippen LogP contribution in [0.2, 0.25) is 0 Å². The van der Waals surface area contributed by atoms with Gasteiger partial charge in [0.15, 0.2) is 0 Å². The molecule has 0 aliphatic carbocycles. The first-order valence-electron chi connectivity index (χ1n) is 9.56. The molecule has 0 saturated carbocycles. The number of anilines is 1. The van der Waals surface area contributed by atoms with Crippen LogP contribution in [0.15, 0.2) is 42.5 Å². The van der Waals surface area contributed by atoms with Gasteiger partial charge in [-0.1, -0.05) is 29.5 Å². The number of nitrogens with one attached hydrogen (secondary N) is 1. The van der Waals surface area contributed by atoms with Crippen LogP contribution in [0.4, 0.5) is 5.82 Å². The number of benzene rings is 2. The van der Waals surface area contributed by atoms with E-state index in [1.54, 1.807) is 18.9 Å². The molecule has 1 unspecified atom stereocenters. The largest absolute Gasteiger partial charge is 0.497 e. The maximum absolute atomic E-state index is 12.6. The molecule has 1 atom stereocenters. The van der Waals surface area contributed by atoms with E-state index in [0.29, 0.717) is 17.4 Å². The van der Waals surface area contributed by atoms with Gasteiger partial charge in [0.25, 0.3) is 0 Å². The van der Waals surface area contributed by atoms with Crippen molar-refractivity contribution in [2.75, 3.05) is 19.5 Å². The first-order valence-corrected chi connectivity index (χ1v) is 10.4. The average Bonchev–Trinajstić information content (AvgIpc) is 3.33. The Hall–Kier alpha value is -3.39. The minimum Gasteiger partial charge on any atom is -0.497 e. The van der Waals surface area contributed by atoms with Crippen LogP contribution in [-0.2, 0) is 4.79 Å². The highest BCUT2D eigenvalue weighted by Crippen LogP contribution is 2.43. The minimum atomic E-state index is -0.131. The molecule has 1 aliphatic rings. The van der Waals surface area contributed by atoms with Crippen LogP contribution >= 0.6 is 11.3 Å². The van der Waals surface area contributed by atoms with Crippen LogP contribution < -0.4 is 14.8 Å². The Morgan fingerprint density at radius 2 is 2.00 bits per heavy atom. The molecule has 5 rings (SSSR count). The molecule has 0 radical (unpaired) electrons. The highest BCUT2D eigenvalue weighted by molar-refractivity contribution is 7.20. The fraction of sp³-hybridized carbons (Fsp3) is 0.227. The van der Waals surface area contributed by atoms with Crippen molar-refractivity contribution in [3.8, 4) is 16.6 Å². The van der Waals surface area contributed by atoms with Gasteiger partial charge in [0.05, 0.1) is 30.1 Å². The molecule has 1 N–H and O–H groups in total. The Kier molecular flexibility index (Phi) is 4.43. The van der Waals surface area contributed by atoms with Gasteiger partial charge in [-0.05, 0) is 31.2 Å². The van der Waals surface area contributed by atoms with Crippen molar-refractivity contribution in [1.82, 2.24) is 14.8 Å². The summed E-state index contributed by atoms with van der Waals surface area (Å²) in [6.07, 6.45) is 0.344. The number of hydrogen-bond donors (Lipinski definition) is 1. The molecule has 8 heteroatoms. The Morgan fingerprint density at radius 1 is 1.17 bits per heavy atom. The summed E-state index contributed by atoms with van der Waals surface area (Å²) in [4.78, 5) is 17.4. The summed E-state index contributed by atoms with van der Waals surface area (Å²) in [5.41, 5.74) is 3.70. The summed E-state index contributed by atoms with van der Waals surface area (Å²) in [7, 11) is 3.29. The molecule has 2 aromatic heterocycles. The lowest BCUT2D eigenvalue weighted by Crippen LogP contribution is -2.25. The van der Waals surface area contributed by atoms with Crippen molar-refractivity contribution in [2.45, 2.75) is 19.3 Å². The van der Waals surface area contributed by atoms with E-state index in [4.69, 9.17) is 19.6 Å². The van der Waals surface area contributed by atoms with Gasteiger partial charge in [0, 0.05) is 23.5 Å². The smallest absolute Gasteiger partial charge is 0.226 e. The van der Waals surface area contributed by atoms with Crippen molar-refractivity contribution in [3.63, 3.8) is 0 Å². The van der Waals surface area contributed by atoms with Crippen molar-refractivity contribution < 1.29 is 14.3 Å². The monoisotopic (exact) mass is 420 g/mol. The lowest BCUT2D eigenvalue weighted by Gasteiger charge is -2.25. The van der Waals surface area contributed by atoms with Gasteiger partial charge in [-0.2, -0.15) is 9.78 Å². The first-order chi connectivity index (χ1) is 14.6. The van der Waals surface area contributed by atoms with E-state index in [0.717, 1.165) is 38.5 Å². The first kappa shape index (κ1) is 18.6. The third kappa shape index (κ3) is 2.91. The van der Waals surface area contributed by atoms with Gasteiger partial charge < -0.3 is 14.8 Å².